The number of amides is 1. The molecule has 0 spiro atoms. The first-order chi connectivity index (χ1) is 12.7. The third-order valence-corrected chi connectivity index (χ3v) is 5.29. The van der Waals surface area contributed by atoms with Crippen LogP contribution < -0.4 is 5.32 Å². The molecular weight excluding hydrogens is 338 g/mol. The van der Waals surface area contributed by atoms with Gasteiger partial charge < -0.3 is 5.32 Å². The summed E-state index contributed by atoms with van der Waals surface area (Å²) in [5.74, 6) is 1.35. The van der Waals surface area contributed by atoms with E-state index in [9.17, 15) is 4.79 Å². The van der Waals surface area contributed by atoms with Gasteiger partial charge in [-0.2, -0.15) is 0 Å². The second-order valence-electron chi connectivity index (χ2n) is 6.25. The molecule has 26 heavy (non-hydrogen) atoms. The number of thioether (sulfide) groups is 1. The van der Waals surface area contributed by atoms with Gasteiger partial charge in [-0.05, 0) is 29.2 Å². The molecule has 0 aliphatic heterocycles. The molecule has 0 aliphatic rings. The molecule has 0 bridgehead atoms. The Hall–Kier alpha value is -2.52. The first kappa shape index (κ1) is 18.3. The first-order valence-corrected chi connectivity index (χ1v) is 9.91. The van der Waals surface area contributed by atoms with Crippen LogP contribution in [0.2, 0.25) is 0 Å². The Bertz CT molecular complexity index is 833. The van der Waals surface area contributed by atoms with E-state index < -0.39 is 0 Å². The molecule has 1 unspecified atom stereocenters. The predicted octanol–water partition coefficient (Wildman–Crippen LogP) is 5.13. The molecule has 0 saturated heterocycles. The van der Waals surface area contributed by atoms with Crippen molar-refractivity contribution in [3.8, 4) is 0 Å². The topological polar surface area (TPSA) is 29.1 Å². The fourth-order valence-corrected chi connectivity index (χ4v) is 3.73. The average molecular weight is 362 g/mol. The third kappa shape index (κ3) is 4.99. The summed E-state index contributed by atoms with van der Waals surface area (Å²) < 4.78 is 0. The minimum atomic E-state index is -0.123. The SMILES string of the molecule is Cc1ccccc1C(NC(=O)CSCc1ccccc1)c1ccccc1. The summed E-state index contributed by atoms with van der Waals surface area (Å²) in [6, 6.07) is 28.5. The number of carbonyl (C=O) groups excluding carboxylic acids is 1. The molecule has 2 nitrogen and oxygen atoms in total. The highest BCUT2D eigenvalue weighted by Gasteiger charge is 2.18. The molecule has 1 atom stereocenters. The van der Waals surface area contributed by atoms with Gasteiger partial charge in [0.05, 0.1) is 11.8 Å². The van der Waals surface area contributed by atoms with Crippen LogP contribution in [-0.2, 0) is 10.5 Å². The molecule has 3 heteroatoms. The number of hydrogen-bond donors (Lipinski definition) is 1. The van der Waals surface area contributed by atoms with Crippen molar-refractivity contribution in [3.63, 3.8) is 0 Å². The molecular formula is C23H23NOS. The molecule has 1 N–H and O–H groups in total. The maximum atomic E-state index is 12.6. The first-order valence-electron chi connectivity index (χ1n) is 8.75. The Morgan fingerprint density at radius 1 is 0.885 bits per heavy atom. The Labute approximate surface area is 159 Å². The third-order valence-electron chi connectivity index (χ3n) is 4.28. The quantitative estimate of drug-likeness (QED) is 0.632. The predicted molar refractivity (Wildman–Crippen MR) is 110 cm³/mol. The smallest absolute Gasteiger partial charge is 0.230 e. The van der Waals surface area contributed by atoms with E-state index in [0.29, 0.717) is 5.75 Å². The van der Waals surface area contributed by atoms with Crippen LogP contribution in [0.15, 0.2) is 84.9 Å². The molecule has 3 rings (SSSR count). The van der Waals surface area contributed by atoms with Crippen molar-refractivity contribution in [1.29, 1.82) is 0 Å². The van der Waals surface area contributed by atoms with Gasteiger partial charge in [-0.15, -0.1) is 11.8 Å². The van der Waals surface area contributed by atoms with E-state index in [2.05, 4.69) is 48.6 Å². The lowest BCUT2D eigenvalue weighted by Gasteiger charge is -2.21. The number of rotatable bonds is 7. The maximum Gasteiger partial charge on any atom is 0.230 e. The molecule has 3 aromatic rings. The van der Waals surface area contributed by atoms with Gasteiger partial charge in [-0.3, -0.25) is 4.79 Å². The minimum Gasteiger partial charge on any atom is -0.344 e. The number of nitrogens with one attached hydrogen (secondary N) is 1. The van der Waals surface area contributed by atoms with Crippen LogP contribution in [0.5, 0.6) is 0 Å². The summed E-state index contributed by atoms with van der Waals surface area (Å²) in [6.45, 7) is 2.08. The molecule has 0 fully saturated rings. The summed E-state index contributed by atoms with van der Waals surface area (Å²) in [7, 11) is 0. The molecule has 132 valence electrons. The van der Waals surface area contributed by atoms with Crippen LogP contribution in [0.4, 0.5) is 0 Å². The Balaban J connectivity index is 1.68. The molecule has 1 amide bonds. The van der Waals surface area contributed by atoms with E-state index in [4.69, 9.17) is 0 Å². The van der Waals surface area contributed by atoms with E-state index in [1.54, 1.807) is 11.8 Å². The summed E-state index contributed by atoms with van der Waals surface area (Å²) in [4.78, 5) is 12.6. The van der Waals surface area contributed by atoms with Crippen molar-refractivity contribution in [2.24, 2.45) is 0 Å². The van der Waals surface area contributed by atoms with Crippen LogP contribution in [0.25, 0.3) is 0 Å². The number of carbonyl (C=O) groups is 1. The molecule has 0 aromatic heterocycles. The number of benzene rings is 3. The second kappa shape index (κ2) is 9.25. The van der Waals surface area contributed by atoms with Gasteiger partial charge in [-0.25, -0.2) is 0 Å². The lowest BCUT2D eigenvalue weighted by molar-refractivity contribution is -0.119. The van der Waals surface area contributed by atoms with Crippen LogP contribution in [-0.4, -0.2) is 11.7 Å². The van der Waals surface area contributed by atoms with E-state index in [1.165, 1.54) is 11.1 Å². The summed E-state index contributed by atoms with van der Waals surface area (Å²) in [5.41, 5.74) is 4.66. The Kier molecular flexibility index (Phi) is 6.50. The fourth-order valence-electron chi connectivity index (χ4n) is 2.94. The molecule has 3 aromatic carbocycles. The van der Waals surface area contributed by atoms with Crippen molar-refractivity contribution in [2.45, 2.75) is 18.7 Å². The second-order valence-corrected chi connectivity index (χ2v) is 7.23. The van der Waals surface area contributed by atoms with E-state index >= 15 is 0 Å². The monoisotopic (exact) mass is 361 g/mol. The van der Waals surface area contributed by atoms with Crippen LogP contribution in [0, 0.1) is 6.92 Å². The van der Waals surface area contributed by atoms with Gasteiger partial charge >= 0.3 is 0 Å². The zero-order valence-electron chi connectivity index (χ0n) is 14.9. The van der Waals surface area contributed by atoms with E-state index in [0.717, 1.165) is 16.9 Å². The minimum absolute atomic E-state index is 0.0584. The Morgan fingerprint density at radius 3 is 2.19 bits per heavy atom. The van der Waals surface area contributed by atoms with E-state index in [1.807, 2.05) is 48.5 Å². The zero-order chi connectivity index (χ0) is 18.2. The molecule has 0 radical (unpaired) electrons. The van der Waals surface area contributed by atoms with Gasteiger partial charge in [0.1, 0.15) is 0 Å². The molecule has 0 heterocycles. The normalized spacial score (nSPS) is 11.7. The largest absolute Gasteiger partial charge is 0.344 e. The van der Waals surface area contributed by atoms with Crippen molar-refractivity contribution in [2.75, 3.05) is 5.75 Å². The van der Waals surface area contributed by atoms with Gasteiger partial charge in [0, 0.05) is 5.75 Å². The van der Waals surface area contributed by atoms with Crippen molar-refractivity contribution < 1.29 is 4.79 Å². The van der Waals surface area contributed by atoms with Crippen molar-refractivity contribution in [1.82, 2.24) is 5.32 Å². The highest BCUT2D eigenvalue weighted by molar-refractivity contribution is 7.99. The zero-order valence-corrected chi connectivity index (χ0v) is 15.7. The van der Waals surface area contributed by atoms with Crippen LogP contribution >= 0.6 is 11.8 Å². The van der Waals surface area contributed by atoms with Crippen molar-refractivity contribution >= 4 is 17.7 Å². The van der Waals surface area contributed by atoms with Crippen LogP contribution in [0.1, 0.15) is 28.3 Å². The fraction of sp³-hybridized carbons (Fsp3) is 0.174. The highest BCUT2D eigenvalue weighted by atomic mass is 32.2. The van der Waals surface area contributed by atoms with Gasteiger partial charge in [0.15, 0.2) is 0 Å². The lowest BCUT2D eigenvalue weighted by atomic mass is 9.95. The van der Waals surface area contributed by atoms with E-state index in [-0.39, 0.29) is 11.9 Å². The maximum absolute atomic E-state index is 12.6. The number of aryl methyl sites for hydroxylation is 1. The summed E-state index contributed by atoms with van der Waals surface area (Å²) >= 11 is 1.64. The highest BCUT2D eigenvalue weighted by Crippen LogP contribution is 2.25. The summed E-state index contributed by atoms with van der Waals surface area (Å²) in [6.07, 6.45) is 0. The Morgan fingerprint density at radius 2 is 1.50 bits per heavy atom. The lowest BCUT2D eigenvalue weighted by Crippen LogP contribution is -2.31. The van der Waals surface area contributed by atoms with Gasteiger partial charge in [0.25, 0.3) is 0 Å². The average Bonchev–Trinajstić information content (AvgIpc) is 2.68. The van der Waals surface area contributed by atoms with Crippen LogP contribution in [0.3, 0.4) is 0 Å². The van der Waals surface area contributed by atoms with Gasteiger partial charge in [-0.1, -0.05) is 84.9 Å². The molecule has 0 saturated carbocycles. The number of hydrogen-bond acceptors (Lipinski definition) is 2. The van der Waals surface area contributed by atoms with Crippen molar-refractivity contribution in [3.05, 3.63) is 107 Å². The summed E-state index contributed by atoms with van der Waals surface area (Å²) in [5, 5.41) is 3.22. The van der Waals surface area contributed by atoms with Gasteiger partial charge in [0.2, 0.25) is 5.91 Å². The molecule has 0 aliphatic carbocycles. The standard InChI is InChI=1S/C23H23NOS/c1-18-10-8-9-15-21(18)23(20-13-6-3-7-14-20)24-22(25)17-26-16-19-11-4-2-5-12-19/h2-15,23H,16-17H2,1H3,(H,24,25).